The summed E-state index contributed by atoms with van der Waals surface area (Å²) in [6.07, 6.45) is 12.4. The number of carbonyl (C=O) groups is 4. The van der Waals surface area contributed by atoms with E-state index < -0.39 is 24.3 Å². The van der Waals surface area contributed by atoms with Gasteiger partial charge in [0.2, 0.25) is 11.8 Å². The maximum absolute atomic E-state index is 13.9. The van der Waals surface area contributed by atoms with Crippen molar-refractivity contribution in [3.8, 4) is 33.5 Å². The van der Waals surface area contributed by atoms with Gasteiger partial charge in [0.05, 0.1) is 60.8 Å². The molecule has 2 aliphatic heterocycles. The Morgan fingerprint density at radius 3 is 2.00 bits per heavy atom. The minimum Gasteiger partial charge on any atom is -0.453 e. The van der Waals surface area contributed by atoms with Crippen molar-refractivity contribution in [3.63, 3.8) is 0 Å². The molecule has 3 aromatic carbocycles. The fourth-order valence-corrected chi connectivity index (χ4v) is 11.8. The monoisotopic (exact) mass is 923 g/mol. The summed E-state index contributed by atoms with van der Waals surface area (Å²) in [5, 5.41) is 10.7. The number of carbonyl (C=O) groups excluding carboxylic acids is 4. The fourth-order valence-electron chi connectivity index (χ4n) is 11.8. The van der Waals surface area contributed by atoms with E-state index in [2.05, 4.69) is 68.2 Å². The highest BCUT2D eigenvalue weighted by atomic mass is 16.5. The molecule has 4 amide bonds. The molecule has 1 saturated carbocycles. The van der Waals surface area contributed by atoms with E-state index in [1.165, 1.54) is 49.3 Å². The zero-order chi connectivity index (χ0) is 47.4. The van der Waals surface area contributed by atoms with Gasteiger partial charge in [-0.25, -0.2) is 19.6 Å². The van der Waals surface area contributed by atoms with Gasteiger partial charge < -0.3 is 44.4 Å². The second-order valence-electron chi connectivity index (χ2n) is 19.9. The Kier molecular flexibility index (Phi) is 12.0. The number of methoxy groups -OCH3 is 2. The van der Waals surface area contributed by atoms with E-state index >= 15 is 0 Å². The predicted octanol–water partition coefficient (Wildman–Crippen LogP) is 9.27. The lowest BCUT2D eigenvalue weighted by atomic mass is 9.76. The van der Waals surface area contributed by atoms with Gasteiger partial charge in [-0.3, -0.25) is 9.59 Å². The van der Waals surface area contributed by atoms with Crippen LogP contribution < -0.4 is 10.6 Å². The molecule has 2 aliphatic carbocycles. The Morgan fingerprint density at radius 1 is 0.735 bits per heavy atom. The summed E-state index contributed by atoms with van der Waals surface area (Å²) in [7, 11) is 2.60. The number of aromatic amines is 2. The molecule has 0 unspecified atom stereocenters. The third-order valence-corrected chi connectivity index (χ3v) is 15.3. The zero-order valence-corrected chi connectivity index (χ0v) is 39.7. The highest BCUT2D eigenvalue weighted by Crippen LogP contribution is 2.56. The normalized spacial score (nSPS) is 19.6. The number of ether oxygens (including phenoxy) is 2. The average Bonchev–Trinajstić information content (AvgIpc) is 4.20. The topological polar surface area (TPSA) is 201 Å². The Morgan fingerprint density at radius 2 is 1.35 bits per heavy atom. The first-order chi connectivity index (χ1) is 32.9. The summed E-state index contributed by atoms with van der Waals surface area (Å²) in [6.45, 7) is 8.81. The third kappa shape index (κ3) is 7.84. The number of alkyl carbamates (subject to hydrolysis) is 2. The van der Waals surface area contributed by atoms with E-state index in [4.69, 9.17) is 24.0 Å². The van der Waals surface area contributed by atoms with Gasteiger partial charge in [0.15, 0.2) is 5.58 Å². The molecular formula is C52H61N9O7. The van der Waals surface area contributed by atoms with E-state index in [0.29, 0.717) is 24.5 Å². The molecule has 10 rings (SSSR count). The van der Waals surface area contributed by atoms with Gasteiger partial charge >= 0.3 is 12.2 Å². The lowest BCUT2D eigenvalue weighted by Gasteiger charge is -2.30. The number of rotatable bonds is 11. The summed E-state index contributed by atoms with van der Waals surface area (Å²) < 4.78 is 15.7. The van der Waals surface area contributed by atoms with Crippen LogP contribution in [0.4, 0.5) is 9.59 Å². The number of benzene rings is 3. The number of fused-ring (bicyclic) bond motifs is 4. The highest BCUT2D eigenvalue weighted by Gasteiger charge is 2.44. The van der Waals surface area contributed by atoms with Crippen LogP contribution in [0.25, 0.3) is 55.5 Å². The van der Waals surface area contributed by atoms with E-state index in [0.717, 1.165) is 96.0 Å². The first kappa shape index (κ1) is 45.1. The van der Waals surface area contributed by atoms with Crippen LogP contribution in [0, 0.1) is 11.8 Å². The van der Waals surface area contributed by atoms with Crippen LogP contribution in [0.2, 0.25) is 0 Å². The molecule has 16 nitrogen and oxygen atoms in total. The number of likely N-dealkylation sites (tertiary alicyclic amines) is 2. The number of hydrogen-bond donors (Lipinski definition) is 4. The molecule has 3 aromatic heterocycles. The fraction of sp³-hybridized carbons (Fsp3) is 0.481. The van der Waals surface area contributed by atoms with Crippen molar-refractivity contribution in [2.24, 2.45) is 11.8 Å². The number of imidazole rings is 2. The van der Waals surface area contributed by atoms with Gasteiger partial charge in [0.25, 0.3) is 0 Å². The van der Waals surface area contributed by atoms with Crippen LogP contribution in [0.15, 0.2) is 59.4 Å². The van der Waals surface area contributed by atoms with Crippen LogP contribution in [0.5, 0.6) is 0 Å². The van der Waals surface area contributed by atoms with Crippen molar-refractivity contribution in [1.82, 2.24) is 45.5 Å². The van der Waals surface area contributed by atoms with Gasteiger partial charge in [-0.1, -0.05) is 70.0 Å². The molecule has 3 fully saturated rings. The molecule has 68 heavy (non-hydrogen) atoms. The van der Waals surface area contributed by atoms with Crippen LogP contribution in [-0.2, 0) is 30.9 Å². The second-order valence-corrected chi connectivity index (χ2v) is 19.9. The predicted molar refractivity (Wildman–Crippen MR) is 256 cm³/mol. The number of aromatic nitrogens is 5. The third-order valence-electron chi connectivity index (χ3n) is 15.3. The minimum atomic E-state index is -0.720. The smallest absolute Gasteiger partial charge is 0.407 e. The summed E-state index contributed by atoms with van der Waals surface area (Å²) in [5.41, 5.74) is 11.6. The Hall–Kier alpha value is -6.71. The SMILES string of the molecule is COC(=O)N[C@H](C(=O)N1CCC[C@H]1c1ncc(-c2ccc(-c3ccc(-c4ccc5nc([C@@H]6CCCN6C(=O)[C@@H](NC(=O)OC)C(C)C)[nH]c5c4)c4c3CCC43CCCC3)c3cnoc23)[nH]1)C(C)C. The average molecular weight is 924 g/mol. The largest absolute Gasteiger partial charge is 0.453 e. The van der Waals surface area contributed by atoms with Gasteiger partial charge in [-0.2, -0.15) is 0 Å². The van der Waals surface area contributed by atoms with Crippen molar-refractivity contribution >= 4 is 46.0 Å². The molecule has 2 saturated heterocycles. The molecule has 4 N–H and O–H groups in total. The Balaban J connectivity index is 0.958. The number of nitrogens with zero attached hydrogens (tertiary/aromatic N) is 5. The standard InChI is InChI=1S/C52H61N9O7/c1-28(2)43(58-50(64)66-5)48(62)60-23-9-11-40(60)46-53-27-39(57-46)35-17-16-33(36-26-54-68-45(35)36)32-15-14-31(42-34(32)19-22-52(42)20-7-8-21-52)30-13-18-37-38(25-30)56-47(55-37)41-12-10-24-61(41)49(63)44(29(3)4)59-51(65)67-6/h13-18,25-29,40-41,43-44H,7-12,19-24H2,1-6H3,(H,53,57)(H,55,56)(H,58,64)(H,59,65)/t40-,41-,43-,44-/m0/s1. The Bertz CT molecular complexity index is 2910. The molecule has 0 bridgehead atoms. The summed E-state index contributed by atoms with van der Waals surface area (Å²) in [4.78, 5) is 72.7. The van der Waals surface area contributed by atoms with Gasteiger partial charge in [-0.15, -0.1) is 0 Å². The molecule has 356 valence electrons. The Labute approximate surface area is 395 Å². The molecule has 1 spiro atoms. The van der Waals surface area contributed by atoms with Crippen molar-refractivity contribution in [2.75, 3.05) is 27.3 Å². The van der Waals surface area contributed by atoms with Crippen molar-refractivity contribution < 1.29 is 33.2 Å². The molecule has 5 heterocycles. The quantitative estimate of drug-likeness (QED) is 0.0971. The van der Waals surface area contributed by atoms with E-state index in [1.807, 2.05) is 43.7 Å². The van der Waals surface area contributed by atoms with Crippen molar-refractivity contribution in [2.45, 2.75) is 121 Å². The molecule has 6 aromatic rings. The lowest BCUT2D eigenvalue weighted by Crippen LogP contribution is -2.51. The van der Waals surface area contributed by atoms with Crippen LogP contribution in [0.3, 0.4) is 0 Å². The van der Waals surface area contributed by atoms with Crippen molar-refractivity contribution in [3.05, 3.63) is 77.6 Å². The van der Waals surface area contributed by atoms with Crippen LogP contribution in [-0.4, -0.2) is 98.3 Å². The van der Waals surface area contributed by atoms with Crippen LogP contribution in [0.1, 0.15) is 120 Å². The summed E-state index contributed by atoms with van der Waals surface area (Å²) in [5.74, 6) is 0.901. The molecule has 4 atom stereocenters. The first-order valence-electron chi connectivity index (χ1n) is 24.3. The molecule has 0 radical (unpaired) electrons. The minimum absolute atomic E-state index is 0.102. The van der Waals surface area contributed by atoms with Gasteiger partial charge in [0.1, 0.15) is 23.7 Å². The number of hydrogen-bond acceptors (Lipinski definition) is 10. The lowest BCUT2D eigenvalue weighted by molar-refractivity contribution is -0.136. The number of nitrogens with one attached hydrogen (secondary N) is 4. The van der Waals surface area contributed by atoms with Gasteiger partial charge in [-0.05, 0) is 120 Å². The van der Waals surface area contributed by atoms with E-state index in [-0.39, 0.29) is 41.1 Å². The van der Waals surface area contributed by atoms with Crippen molar-refractivity contribution in [1.29, 1.82) is 0 Å². The summed E-state index contributed by atoms with van der Waals surface area (Å²) >= 11 is 0. The maximum Gasteiger partial charge on any atom is 0.407 e. The maximum atomic E-state index is 13.9. The highest BCUT2D eigenvalue weighted by molar-refractivity contribution is 6.02. The number of amides is 4. The first-order valence-corrected chi connectivity index (χ1v) is 24.3. The molecule has 16 heteroatoms. The molecule has 4 aliphatic rings. The molecular weight excluding hydrogens is 863 g/mol. The summed E-state index contributed by atoms with van der Waals surface area (Å²) in [6, 6.07) is 13.4. The number of H-pyrrole nitrogens is 2. The van der Waals surface area contributed by atoms with E-state index in [1.54, 1.807) is 6.20 Å². The zero-order valence-electron chi connectivity index (χ0n) is 39.7. The van der Waals surface area contributed by atoms with Gasteiger partial charge in [0, 0.05) is 18.7 Å². The van der Waals surface area contributed by atoms with E-state index in [9.17, 15) is 19.2 Å². The second kappa shape index (κ2) is 18.1. The van der Waals surface area contributed by atoms with Crippen LogP contribution >= 0.6 is 0 Å².